The normalized spacial score (nSPS) is 30.3. The topological polar surface area (TPSA) is 29.5 Å². The van der Waals surface area contributed by atoms with Crippen molar-refractivity contribution in [2.75, 3.05) is 20.2 Å². The fourth-order valence-electron chi connectivity index (χ4n) is 1.99. The molecule has 1 heterocycles. The molecule has 1 rings (SSSR count). The number of carbonyl (C=O) groups excluding carboxylic acids is 1. The van der Waals surface area contributed by atoms with Gasteiger partial charge in [-0.05, 0) is 18.8 Å². The van der Waals surface area contributed by atoms with Gasteiger partial charge in [0, 0.05) is 19.1 Å². The second-order valence-corrected chi connectivity index (χ2v) is 4.54. The van der Waals surface area contributed by atoms with E-state index in [9.17, 15) is 4.79 Å². The first kappa shape index (κ1) is 11.5. The molecule has 0 amide bonds. The predicted molar refractivity (Wildman–Crippen MR) is 56.0 cm³/mol. The van der Waals surface area contributed by atoms with Gasteiger partial charge >= 0.3 is 5.97 Å². The number of carbonyl (C=O) groups is 1. The van der Waals surface area contributed by atoms with Crippen molar-refractivity contribution in [3.05, 3.63) is 0 Å². The average Bonchev–Trinajstić information content (AvgIpc) is 2.47. The Morgan fingerprint density at radius 1 is 1.43 bits per heavy atom. The molecule has 14 heavy (non-hydrogen) atoms. The van der Waals surface area contributed by atoms with Crippen molar-refractivity contribution in [3.8, 4) is 0 Å². The smallest absolute Gasteiger partial charge is 0.307 e. The third-order valence-corrected chi connectivity index (χ3v) is 3.33. The summed E-state index contributed by atoms with van der Waals surface area (Å²) >= 11 is 0. The molecule has 0 spiro atoms. The second-order valence-electron chi connectivity index (χ2n) is 4.54. The molecule has 0 aromatic carbocycles. The summed E-state index contributed by atoms with van der Waals surface area (Å²) in [5.74, 6) is 1.38. The van der Waals surface area contributed by atoms with Crippen LogP contribution in [0.15, 0.2) is 0 Å². The van der Waals surface area contributed by atoms with Crippen LogP contribution in [-0.2, 0) is 9.53 Å². The fraction of sp³-hybridized carbons (Fsp3) is 0.909. The summed E-state index contributed by atoms with van der Waals surface area (Å²) in [5.41, 5.74) is 0. The number of hydrogen-bond donors (Lipinski definition) is 0. The minimum atomic E-state index is -0.107. The zero-order chi connectivity index (χ0) is 10.7. The van der Waals surface area contributed by atoms with Crippen molar-refractivity contribution in [2.45, 2.75) is 33.2 Å². The van der Waals surface area contributed by atoms with E-state index in [2.05, 4.69) is 30.4 Å². The zero-order valence-corrected chi connectivity index (χ0v) is 9.62. The summed E-state index contributed by atoms with van der Waals surface area (Å²) in [5, 5.41) is 0. The lowest BCUT2D eigenvalue weighted by Gasteiger charge is -2.23. The van der Waals surface area contributed by atoms with Gasteiger partial charge in [-0.15, -0.1) is 0 Å². The van der Waals surface area contributed by atoms with Crippen molar-refractivity contribution in [1.29, 1.82) is 0 Å². The van der Waals surface area contributed by atoms with E-state index in [1.807, 2.05) is 0 Å². The highest BCUT2D eigenvalue weighted by atomic mass is 16.5. The van der Waals surface area contributed by atoms with Crippen LogP contribution in [0.1, 0.15) is 27.2 Å². The largest absolute Gasteiger partial charge is 0.469 e. The summed E-state index contributed by atoms with van der Waals surface area (Å²) in [6, 6.07) is 0.315. The Morgan fingerprint density at radius 2 is 1.93 bits per heavy atom. The van der Waals surface area contributed by atoms with Gasteiger partial charge in [-0.2, -0.15) is 0 Å². The average molecular weight is 199 g/mol. The van der Waals surface area contributed by atoms with Crippen LogP contribution in [-0.4, -0.2) is 37.1 Å². The number of nitrogens with zero attached hydrogens (tertiary/aromatic N) is 1. The van der Waals surface area contributed by atoms with Crippen LogP contribution in [0.3, 0.4) is 0 Å². The third-order valence-electron chi connectivity index (χ3n) is 3.33. The number of ether oxygens (including phenoxy) is 1. The van der Waals surface area contributed by atoms with E-state index in [1.54, 1.807) is 0 Å². The molecule has 0 saturated carbocycles. The van der Waals surface area contributed by atoms with Crippen molar-refractivity contribution < 1.29 is 9.53 Å². The monoisotopic (exact) mass is 199 g/mol. The lowest BCUT2D eigenvalue weighted by atomic mass is 10.0. The van der Waals surface area contributed by atoms with Gasteiger partial charge in [0.2, 0.25) is 0 Å². The van der Waals surface area contributed by atoms with E-state index >= 15 is 0 Å². The standard InChI is InChI=1S/C11H21NO2/c1-8-6-12(7-9(8)2)10(3)5-11(13)14-4/h8-10H,5-7H2,1-4H3. The molecule has 0 radical (unpaired) electrons. The summed E-state index contributed by atoms with van der Waals surface area (Å²) < 4.78 is 4.67. The van der Waals surface area contributed by atoms with Gasteiger partial charge in [0.15, 0.2) is 0 Å². The molecular weight excluding hydrogens is 178 g/mol. The molecular formula is C11H21NO2. The first-order valence-electron chi connectivity index (χ1n) is 5.35. The molecule has 0 N–H and O–H groups in total. The Labute approximate surface area is 86.4 Å². The Kier molecular flexibility index (Phi) is 3.93. The maximum absolute atomic E-state index is 11.1. The number of rotatable bonds is 3. The van der Waals surface area contributed by atoms with E-state index in [1.165, 1.54) is 7.11 Å². The number of esters is 1. The Morgan fingerprint density at radius 3 is 2.36 bits per heavy atom. The van der Waals surface area contributed by atoms with Crippen molar-refractivity contribution in [3.63, 3.8) is 0 Å². The van der Waals surface area contributed by atoms with Gasteiger partial charge in [0.05, 0.1) is 13.5 Å². The molecule has 1 fully saturated rings. The van der Waals surface area contributed by atoms with Gasteiger partial charge < -0.3 is 4.74 Å². The fourth-order valence-corrected chi connectivity index (χ4v) is 1.99. The second kappa shape index (κ2) is 4.78. The summed E-state index contributed by atoms with van der Waals surface area (Å²) in [4.78, 5) is 13.5. The van der Waals surface area contributed by atoms with Crippen LogP contribution in [0.25, 0.3) is 0 Å². The van der Waals surface area contributed by atoms with Gasteiger partial charge in [0.1, 0.15) is 0 Å². The van der Waals surface area contributed by atoms with E-state index in [-0.39, 0.29) is 5.97 Å². The highest BCUT2D eigenvalue weighted by molar-refractivity contribution is 5.69. The summed E-state index contributed by atoms with van der Waals surface area (Å²) in [6.45, 7) is 8.87. The molecule has 0 aliphatic carbocycles. The third kappa shape index (κ3) is 2.71. The molecule has 0 aromatic rings. The quantitative estimate of drug-likeness (QED) is 0.645. The Bertz CT molecular complexity index is 195. The SMILES string of the molecule is COC(=O)CC(C)N1CC(C)C(C)C1. The molecule has 3 unspecified atom stereocenters. The van der Waals surface area contributed by atoms with E-state index in [0.29, 0.717) is 12.5 Å². The molecule has 3 atom stereocenters. The van der Waals surface area contributed by atoms with Gasteiger partial charge in [-0.3, -0.25) is 9.69 Å². The molecule has 3 nitrogen and oxygen atoms in total. The van der Waals surface area contributed by atoms with Crippen molar-refractivity contribution in [1.82, 2.24) is 4.90 Å². The van der Waals surface area contributed by atoms with E-state index in [0.717, 1.165) is 24.9 Å². The van der Waals surface area contributed by atoms with Crippen LogP contribution < -0.4 is 0 Å². The number of methoxy groups -OCH3 is 1. The maximum atomic E-state index is 11.1. The number of likely N-dealkylation sites (tertiary alicyclic amines) is 1. The number of hydrogen-bond acceptors (Lipinski definition) is 3. The van der Waals surface area contributed by atoms with Crippen LogP contribution in [0.5, 0.6) is 0 Å². The molecule has 0 bridgehead atoms. The lowest BCUT2D eigenvalue weighted by molar-refractivity contribution is -0.141. The summed E-state index contributed by atoms with van der Waals surface area (Å²) in [7, 11) is 1.45. The maximum Gasteiger partial charge on any atom is 0.307 e. The highest BCUT2D eigenvalue weighted by Crippen LogP contribution is 2.24. The minimum Gasteiger partial charge on any atom is -0.469 e. The van der Waals surface area contributed by atoms with Gasteiger partial charge in [-0.25, -0.2) is 0 Å². The highest BCUT2D eigenvalue weighted by Gasteiger charge is 2.29. The molecule has 3 heteroatoms. The lowest BCUT2D eigenvalue weighted by Crippen LogP contribution is -2.33. The molecule has 0 aromatic heterocycles. The molecule has 1 aliphatic heterocycles. The van der Waals surface area contributed by atoms with Crippen molar-refractivity contribution >= 4 is 5.97 Å². The van der Waals surface area contributed by atoms with Crippen LogP contribution in [0.2, 0.25) is 0 Å². The van der Waals surface area contributed by atoms with Crippen LogP contribution in [0.4, 0.5) is 0 Å². The van der Waals surface area contributed by atoms with E-state index in [4.69, 9.17) is 0 Å². The minimum absolute atomic E-state index is 0.107. The zero-order valence-electron chi connectivity index (χ0n) is 9.62. The molecule has 1 saturated heterocycles. The molecule has 82 valence electrons. The van der Waals surface area contributed by atoms with Crippen LogP contribution in [0, 0.1) is 11.8 Å². The van der Waals surface area contributed by atoms with Crippen LogP contribution >= 0.6 is 0 Å². The first-order valence-corrected chi connectivity index (χ1v) is 5.35. The Balaban J connectivity index is 2.39. The van der Waals surface area contributed by atoms with E-state index < -0.39 is 0 Å². The summed E-state index contributed by atoms with van der Waals surface area (Å²) in [6.07, 6.45) is 0.510. The first-order chi connectivity index (χ1) is 6.54. The van der Waals surface area contributed by atoms with Gasteiger partial charge in [-0.1, -0.05) is 13.8 Å². The van der Waals surface area contributed by atoms with Crippen molar-refractivity contribution in [2.24, 2.45) is 11.8 Å². The Hall–Kier alpha value is -0.570. The molecule has 1 aliphatic rings. The van der Waals surface area contributed by atoms with Gasteiger partial charge in [0.25, 0.3) is 0 Å². The predicted octanol–water partition coefficient (Wildman–Crippen LogP) is 1.53.